The number of rotatable bonds is 8. The van der Waals surface area contributed by atoms with Gasteiger partial charge in [-0.05, 0) is 38.2 Å². The number of carbonyl (C=O) groups excluding carboxylic acids is 2. The van der Waals surface area contributed by atoms with Gasteiger partial charge in [-0.15, -0.1) is 0 Å². The van der Waals surface area contributed by atoms with Crippen molar-refractivity contribution in [3.05, 3.63) is 35.4 Å². The third-order valence-corrected chi connectivity index (χ3v) is 4.15. The zero-order valence-corrected chi connectivity index (χ0v) is 13.1. The molecule has 1 aromatic carbocycles. The van der Waals surface area contributed by atoms with Crippen LogP contribution in [0.4, 0.5) is 0 Å². The number of benzene rings is 1. The molecule has 0 saturated heterocycles. The fourth-order valence-corrected chi connectivity index (χ4v) is 2.99. The van der Waals surface area contributed by atoms with Gasteiger partial charge in [0.05, 0.1) is 0 Å². The Morgan fingerprint density at radius 1 is 1.20 bits per heavy atom. The number of Topliss-reactive ketones (excluding diaryl/α,β-unsaturated/α-hetero) is 1. The predicted molar refractivity (Wildman–Crippen MR) is 82.8 cm³/mol. The quantitative estimate of drug-likeness (QED) is 0.662. The molecule has 3 atom stereocenters. The average Bonchev–Trinajstić information content (AvgIpc) is 2.44. The topological polar surface area (TPSA) is 34.1 Å². The van der Waals surface area contributed by atoms with Crippen molar-refractivity contribution in [3.63, 3.8) is 0 Å². The van der Waals surface area contributed by atoms with Crippen molar-refractivity contribution in [2.24, 2.45) is 11.8 Å². The van der Waals surface area contributed by atoms with Crippen molar-refractivity contribution in [1.82, 2.24) is 0 Å². The summed E-state index contributed by atoms with van der Waals surface area (Å²) in [5, 5.41) is 0. The van der Waals surface area contributed by atoms with Crippen LogP contribution in [0.25, 0.3) is 0 Å². The Labute approximate surface area is 122 Å². The van der Waals surface area contributed by atoms with E-state index in [2.05, 4.69) is 45.0 Å². The van der Waals surface area contributed by atoms with E-state index in [0.717, 1.165) is 31.1 Å². The lowest BCUT2D eigenvalue weighted by molar-refractivity contribution is -0.127. The van der Waals surface area contributed by atoms with Gasteiger partial charge in [-0.25, -0.2) is 0 Å². The van der Waals surface area contributed by atoms with E-state index in [1.54, 1.807) is 6.92 Å². The fourth-order valence-electron chi connectivity index (χ4n) is 2.99. The maximum Gasteiger partial charge on any atom is 0.133 e. The molecule has 20 heavy (non-hydrogen) atoms. The van der Waals surface area contributed by atoms with Crippen LogP contribution in [0.2, 0.25) is 0 Å². The Balaban J connectivity index is 3.07. The van der Waals surface area contributed by atoms with E-state index in [0.29, 0.717) is 0 Å². The standard InChI is InChI=1S/C18H26O2/c1-5-7-17(14(4)20)18(12-19)16(6-2)15-10-8-13(3)9-11-15/h8-12,16-18H,5-7H2,1-4H3. The molecule has 0 radical (unpaired) electrons. The van der Waals surface area contributed by atoms with Crippen LogP contribution in [0.1, 0.15) is 57.1 Å². The number of aryl methyl sites for hydroxylation is 1. The van der Waals surface area contributed by atoms with Crippen molar-refractivity contribution >= 4 is 12.1 Å². The highest BCUT2D eigenvalue weighted by Gasteiger charge is 2.31. The summed E-state index contributed by atoms with van der Waals surface area (Å²) in [6.07, 6.45) is 3.59. The van der Waals surface area contributed by atoms with Crippen molar-refractivity contribution in [3.8, 4) is 0 Å². The zero-order chi connectivity index (χ0) is 15.1. The first-order valence-corrected chi connectivity index (χ1v) is 7.57. The monoisotopic (exact) mass is 274 g/mol. The van der Waals surface area contributed by atoms with Crippen LogP contribution in [0.15, 0.2) is 24.3 Å². The Hall–Kier alpha value is -1.44. The average molecular weight is 274 g/mol. The van der Waals surface area contributed by atoms with Crippen LogP contribution in [0, 0.1) is 18.8 Å². The molecule has 3 unspecified atom stereocenters. The minimum atomic E-state index is -0.208. The number of hydrogen-bond donors (Lipinski definition) is 0. The van der Waals surface area contributed by atoms with Gasteiger partial charge in [0.15, 0.2) is 0 Å². The maximum absolute atomic E-state index is 11.9. The molecule has 1 aromatic rings. The summed E-state index contributed by atoms with van der Waals surface area (Å²) in [6.45, 7) is 7.81. The third-order valence-electron chi connectivity index (χ3n) is 4.15. The first-order chi connectivity index (χ1) is 9.54. The van der Waals surface area contributed by atoms with Gasteiger partial charge >= 0.3 is 0 Å². The molecule has 110 valence electrons. The fraction of sp³-hybridized carbons (Fsp3) is 0.556. The molecule has 0 fully saturated rings. The molecule has 0 spiro atoms. The molecule has 0 saturated carbocycles. The van der Waals surface area contributed by atoms with Crippen LogP contribution in [0.5, 0.6) is 0 Å². The van der Waals surface area contributed by atoms with E-state index >= 15 is 0 Å². The molecule has 0 N–H and O–H groups in total. The Bertz CT molecular complexity index is 433. The van der Waals surface area contributed by atoms with Gasteiger partial charge < -0.3 is 4.79 Å². The second-order valence-corrected chi connectivity index (χ2v) is 5.64. The highest BCUT2D eigenvalue weighted by molar-refractivity contribution is 5.82. The van der Waals surface area contributed by atoms with Crippen molar-refractivity contribution in [2.75, 3.05) is 0 Å². The molecule has 0 aliphatic carbocycles. The molecule has 0 aromatic heterocycles. The molecular weight excluding hydrogens is 248 g/mol. The number of ketones is 1. The Morgan fingerprint density at radius 2 is 1.80 bits per heavy atom. The van der Waals surface area contributed by atoms with Crippen LogP contribution < -0.4 is 0 Å². The smallest absolute Gasteiger partial charge is 0.133 e. The second-order valence-electron chi connectivity index (χ2n) is 5.64. The van der Waals surface area contributed by atoms with Crippen molar-refractivity contribution in [1.29, 1.82) is 0 Å². The van der Waals surface area contributed by atoms with Crippen LogP contribution in [-0.4, -0.2) is 12.1 Å². The summed E-state index contributed by atoms with van der Waals surface area (Å²) in [5.74, 6) is -0.0908. The van der Waals surface area contributed by atoms with E-state index in [9.17, 15) is 9.59 Å². The lowest BCUT2D eigenvalue weighted by atomic mass is 9.74. The molecule has 2 heteroatoms. The summed E-state index contributed by atoms with van der Waals surface area (Å²) in [7, 11) is 0. The minimum absolute atomic E-state index is 0.133. The van der Waals surface area contributed by atoms with E-state index < -0.39 is 0 Å². The van der Waals surface area contributed by atoms with Gasteiger partial charge in [-0.3, -0.25) is 4.79 Å². The largest absolute Gasteiger partial charge is 0.303 e. The molecule has 0 aliphatic rings. The molecule has 0 heterocycles. The lowest BCUT2D eigenvalue weighted by Crippen LogP contribution is -2.28. The maximum atomic E-state index is 11.9. The molecule has 1 rings (SSSR count). The van der Waals surface area contributed by atoms with E-state index in [4.69, 9.17) is 0 Å². The van der Waals surface area contributed by atoms with Gasteiger partial charge in [-0.2, -0.15) is 0 Å². The van der Waals surface area contributed by atoms with Crippen LogP contribution in [-0.2, 0) is 9.59 Å². The van der Waals surface area contributed by atoms with Crippen molar-refractivity contribution < 1.29 is 9.59 Å². The SMILES string of the molecule is CCCC(C(C)=O)C(C=O)C(CC)c1ccc(C)cc1. The van der Waals surface area contributed by atoms with Gasteiger partial charge in [-0.1, -0.05) is 50.1 Å². The molecule has 0 amide bonds. The second kappa shape index (κ2) is 7.98. The highest BCUT2D eigenvalue weighted by Crippen LogP contribution is 2.34. The van der Waals surface area contributed by atoms with Gasteiger partial charge in [0, 0.05) is 11.8 Å². The summed E-state index contributed by atoms with van der Waals surface area (Å²) in [4.78, 5) is 23.5. The zero-order valence-electron chi connectivity index (χ0n) is 13.1. The number of carbonyl (C=O) groups is 2. The van der Waals surface area contributed by atoms with Crippen molar-refractivity contribution in [2.45, 2.75) is 52.9 Å². The normalized spacial score (nSPS) is 15.4. The summed E-state index contributed by atoms with van der Waals surface area (Å²) in [6, 6.07) is 8.32. The first-order valence-electron chi connectivity index (χ1n) is 7.57. The highest BCUT2D eigenvalue weighted by atomic mass is 16.1. The Kier molecular flexibility index (Phi) is 6.63. The molecule has 0 bridgehead atoms. The van der Waals surface area contributed by atoms with Gasteiger partial charge in [0.25, 0.3) is 0 Å². The summed E-state index contributed by atoms with van der Waals surface area (Å²) in [5.41, 5.74) is 2.38. The first kappa shape index (κ1) is 16.6. The Morgan fingerprint density at radius 3 is 2.20 bits per heavy atom. The van der Waals surface area contributed by atoms with E-state index in [1.807, 2.05) is 0 Å². The number of aldehydes is 1. The van der Waals surface area contributed by atoms with E-state index in [-0.39, 0.29) is 23.5 Å². The van der Waals surface area contributed by atoms with Crippen LogP contribution in [0.3, 0.4) is 0 Å². The van der Waals surface area contributed by atoms with Gasteiger partial charge in [0.1, 0.15) is 12.1 Å². The lowest BCUT2D eigenvalue weighted by Gasteiger charge is -2.28. The molecular formula is C18H26O2. The minimum Gasteiger partial charge on any atom is -0.303 e. The summed E-state index contributed by atoms with van der Waals surface area (Å²) >= 11 is 0. The third kappa shape index (κ3) is 4.03. The molecule has 2 nitrogen and oxygen atoms in total. The predicted octanol–water partition coefficient (Wildman–Crippen LogP) is 4.31. The number of hydrogen-bond acceptors (Lipinski definition) is 2. The van der Waals surface area contributed by atoms with Crippen LogP contribution >= 0.6 is 0 Å². The molecule has 0 aliphatic heterocycles. The van der Waals surface area contributed by atoms with Gasteiger partial charge in [0.2, 0.25) is 0 Å². The summed E-state index contributed by atoms with van der Waals surface area (Å²) < 4.78 is 0. The van der Waals surface area contributed by atoms with E-state index in [1.165, 1.54) is 5.56 Å².